The SMILES string of the molecule is O=c1ccc2ccccc2[n+]([O-])c1. The van der Waals surface area contributed by atoms with Gasteiger partial charge in [0.25, 0.3) is 0 Å². The highest BCUT2D eigenvalue weighted by Crippen LogP contribution is 2.05. The van der Waals surface area contributed by atoms with Gasteiger partial charge < -0.3 is 5.21 Å². The number of fused-ring (bicyclic) bond motifs is 1. The van der Waals surface area contributed by atoms with Crippen LogP contribution >= 0.6 is 0 Å². The van der Waals surface area contributed by atoms with Crippen molar-refractivity contribution in [1.82, 2.24) is 0 Å². The van der Waals surface area contributed by atoms with Crippen molar-refractivity contribution >= 4 is 10.9 Å². The van der Waals surface area contributed by atoms with E-state index in [0.29, 0.717) is 10.2 Å². The van der Waals surface area contributed by atoms with Gasteiger partial charge in [0.15, 0.2) is 0 Å². The fourth-order valence-electron chi connectivity index (χ4n) is 1.23. The van der Waals surface area contributed by atoms with Crippen molar-refractivity contribution in [3.8, 4) is 0 Å². The second kappa shape index (κ2) is 2.86. The van der Waals surface area contributed by atoms with Gasteiger partial charge in [0.05, 0.1) is 0 Å². The first kappa shape index (κ1) is 7.73. The smallest absolute Gasteiger partial charge is 0.243 e. The molecule has 0 bridgehead atoms. The lowest BCUT2D eigenvalue weighted by Crippen LogP contribution is -2.27. The normalized spacial score (nSPS) is 10.2. The van der Waals surface area contributed by atoms with E-state index in [1.165, 1.54) is 6.07 Å². The molecule has 2 aromatic rings. The maximum absolute atomic E-state index is 11.3. The molecule has 0 unspecified atom stereocenters. The summed E-state index contributed by atoms with van der Waals surface area (Å²) < 4.78 is 0.595. The van der Waals surface area contributed by atoms with Crippen molar-refractivity contribution in [3.63, 3.8) is 0 Å². The lowest BCUT2D eigenvalue weighted by atomic mass is 10.2. The highest BCUT2D eigenvalue weighted by molar-refractivity contribution is 5.74. The van der Waals surface area contributed by atoms with E-state index in [2.05, 4.69) is 0 Å². The molecule has 0 saturated heterocycles. The third kappa shape index (κ3) is 1.36. The zero-order valence-electron chi connectivity index (χ0n) is 6.81. The summed E-state index contributed by atoms with van der Waals surface area (Å²) in [6, 6.07) is 10.1. The van der Waals surface area contributed by atoms with Gasteiger partial charge in [-0.05, 0) is 18.2 Å². The van der Waals surface area contributed by atoms with Crippen LogP contribution < -0.4 is 10.2 Å². The van der Waals surface area contributed by atoms with E-state index in [1.807, 2.05) is 6.07 Å². The molecule has 13 heavy (non-hydrogen) atoms. The van der Waals surface area contributed by atoms with E-state index in [1.54, 1.807) is 24.3 Å². The average Bonchev–Trinajstić information content (AvgIpc) is 2.27. The number of rotatable bonds is 0. The van der Waals surface area contributed by atoms with Gasteiger partial charge in [-0.2, -0.15) is 4.73 Å². The second-order valence-corrected chi connectivity index (χ2v) is 2.75. The van der Waals surface area contributed by atoms with E-state index in [4.69, 9.17) is 0 Å². The summed E-state index contributed by atoms with van der Waals surface area (Å²) in [4.78, 5) is 11.0. The molecule has 0 amide bonds. The fraction of sp³-hybridized carbons (Fsp3) is 0. The van der Waals surface area contributed by atoms with E-state index in [9.17, 15) is 10.0 Å². The van der Waals surface area contributed by atoms with Gasteiger partial charge in [0.2, 0.25) is 17.1 Å². The molecule has 0 radical (unpaired) electrons. The Bertz CT molecular complexity index is 508. The summed E-state index contributed by atoms with van der Waals surface area (Å²) in [5, 5.41) is 12.1. The average molecular weight is 173 g/mol. The minimum Gasteiger partial charge on any atom is -0.618 e. The Morgan fingerprint density at radius 3 is 2.69 bits per heavy atom. The van der Waals surface area contributed by atoms with Crippen molar-refractivity contribution in [3.05, 3.63) is 58.0 Å². The summed E-state index contributed by atoms with van der Waals surface area (Å²) in [7, 11) is 0. The molecule has 0 aliphatic carbocycles. The zero-order valence-corrected chi connectivity index (χ0v) is 6.81. The number of benzene rings is 1. The minimum absolute atomic E-state index is 0.286. The maximum atomic E-state index is 11.3. The largest absolute Gasteiger partial charge is 0.618 e. The Kier molecular flexibility index (Phi) is 1.70. The second-order valence-electron chi connectivity index (χ2n) is 2.75. The summed E-state index contributed by atoms with van der Waals surface area (Å²) in [6.45, 7) is 0. The van der Waals surface area contributed by atoms with Crippen molar-refractivity contribution in [2.24, 2.45) is 0 Å². The van der Waals surface area contributed by atoms with Crippen LogP contribution in [-0.4, -0.2) is 0 Å². The Morgan fingerprint density at radius 1 is 1.08 bits per heavy atom. The van der Waals surface area contributed by atoms with Crippen molar-refractivity contribution in [2.45, 2.75) is 0 Å². The standard InChI is InChI=1S/C10H7NO2/c12-9-6-5-8-3-1-2-4-10(8)11(13)7-9/h1-7H. The third-order valence-corrected chi connectivity index (χ3v) is 1.85. The van der Waals surface area contributed by atoms with Crippen LogP contribution in [0, 0.1) is 5.21 Å². The topological polar surface area (TPSA) is 44.0 Å². The van der Waals surface area contributed by atoms with Gasteiger partial charge in [0, 0.05) is 11.5 Å². The summed E-state index contributed by atoms with van der Waals surface area (Å²) >= 11 is 0. The number of hydrogen-bond donors (Lipinski definition) is 0. The molecule has 0 aliphatic heterocycles. The molecule has 2 rings (SSSR count). The molecule has 0 spiro atoms. The molecule has 0 fully saturated rings. The van der Waals surface area contributed by atoms with Crippen LogP contribution in [0.3, 0.4) is 0 Å². The van der Waals surface area contributed by atoms with Crippen molar-refractivity contribution < 1.29 is 4.73 Å². The summed E-state index contributed by atoms with van der Waals surface area (Å²) in [5.41, 5.74) is 0.218. The molecule has 0 aliphatic rings. The summed E-state index contributed by atoms with van der Waals surface area (Å²) in [5.74, 6) is 0. The monoisotopic (exact) mass is 173 g/mol. The van der Waals surface area contributed by atoms with Crippen LogP contribution in [-0.2, 0) is 0 Å². The van der Waals surface area contributed by atoms with Gasteiger partial charge >= 0.3 is 0 Å². The minimum atomic E-state index is -0.286. The molecule has 1 heterocycles. The number of para-hydroxylation sites is 1. The predicted octanol–water partition coefficient (Wildman–Crippen LogP) is 0.833. The van der Waals surface area contributed by atoms with Gasteiger partial charge in [-0.1, -0.05) is 12.1 Å². The molecule has 0 N–H and O–H groups in total. The van der Waals surface area contributed by atoms with Crippen LogP contribution in [0.4, 0.5) is 0 Å². The van der Waals surface area contributed by atoms with Gasteiger partial charge in [-0.25, -0.2) is 0 Å². The number of aromatic nitrogens is 1. The van der Waals surface area contributed by atoms with Crippen LogP contribution in [0.25, 0.3) is 10.9 Å². The highest BCUT2D eigenvalue weighted by Gasteiger charge is 1.99. The molecule has 1 aromatic heterocycles. The molecule has 0 atom stereocenters. The van der Waals surface area contributed by atoms with Crippen LogP contribution in [0.2, 0.25) is 0 Å². The quantitative estimate of drug-likeness (QED) is 0.437. The Morgan fingerprint density at radius 2 is 1.85 bits per heavy atom. The fourth-order valence-corrected chi connectivity index (χ4v) is 1.23. The van der Waals surface area contributed by atoms with E-state index >= 15 is 0 Å². The van der Waals surface area contributed by atoms with Gasteiger partial charge in [-0.15, -0.1) is 0 Å². The highest BCUT2D eigenvalue weighted by atomic mass is 16.5. The lowest BCUT2D eigenvalue weighted by molar-refractivity contribution is -0.577. The molecular weight excluding hydrogens is 166 g/mol. The van der Waals surface area contributed by atoms with E-state index in [0.717, 1.165) is 11.6 Å². The summed E-state index contributed by atoms with van der Waals surface area (Å²) in [6.07, 6.45) is 1.03. The Balaban J connectivity index is 3.02. The Labute approximate surface area is 74.5 Å². The molecule has 3 heteroatoms. The zero-order chi connectivity index (χ0) is 9.26. The molecule has 1 aromatic carbocycles. The lowest BCUT2D eigenvalue weighted by Gasteiger charge is -1.93. The van der Waals surface area contributed by atoms with E-state index in [-0.39, 0.29) is 5.43 Å². The molecule has 0 saturated carbocycles. The first-order valence-corrected chi connectivity index (χ1v) is 3.90. The predicted molar refractivity (Wildman–Crippen MR) is 49.2 cm³/mol. The van der Waals surface area contributed by atoms with Crippen molar-refractivity contribution in [1.29, 1.82) is 0 Å². The van der Waals surface area contributed by atoms with Gasteiger partial charge in [0.1, 0.15) is 0 Å². The number of nitrogens with zero attached hydrogens (tertiary/aromatic N) is 1. The third-order valence-electron chi connectivity index (χ3n) is 1.85. The molecular formula is C10H7NO2. The van der Waals surface area contributed by atoms with Crippen LogP contribution in [0.1, 0.15) is 0 Å². The number of hydrogen-bond acceptors (Lipinski definition) is 2. The van der Waals surface area contributed by atoms with Gasteiger partial charge in [-0.3, -0.25) is 4.79 Å². The molecule has 3 nitrogen and oxygen atoms in total. The van der Waals surface area contributed by atoms with Crippen LogP contribution in [0.5, 0.6) is 0 Å². The van der Waals surface area contributed by atoms with Crippen molar-refractivity contribution in [2.75, 3.05) is 0 Å². The first-order chi connectivity index (χ1) is 6.27. The maximum Gasteiger partial charge on any atom is 0.243 e. The Hall–Kier alpha value is -1.90. The van der Waals surface area contributed by atoms with E-state index < -0.39 is 0 Å². The van der Waals surface area contributed by atoms with Crippen LogP contribution in [0.15, 0.2) is 47.4 Å². The molecule has 64 valence electrons. The first-order valence-electron chi connectivity index (χ1n) is 3.90.